The van der Waals surface area contributed by atoms with Crippen LogP contribution in [0.15, 0.2) is 0 Å². The number of aromatic nitrogens is 1. The van der Waals surface area contributed by atoms with E-state index in [0.29, 0.717) is 0 Å². The first-order chi connectivity index (χ1) is 10.2. The molecule has 3 heterocycles. The first kappa shape index (κ1) is 14.0. The molecule has 21 heavy (non-hydrogen) atoms. The quantitative estimate of drug-likeness (QED) is 0.865. The first-order valence-electron chi connectivity index (χ1n) is 8.35. The molecular formula is C16H25N3OS. The zero-order chi connectivity index (χ0) is 14.4. The molecule has 5 heteroatoms. The van der Waals surface area contributed by atoms with Gasteiger partial charge in [-0.3, -0.25) is 0 Å². The van der Waals surface area contributed by atoms with Crippen LogP contribution < -0.4 is 4.90 Å². The van der Waals surface area contributed by atoms with Gasteiger partial charge in [0.25, 0.3) is 0 Å². The van der Waals surface area contributed by atoms with Crippen LogP contribution in [0.1, 0.15) is 48.8 Å². The average Bonchev–Trinajstić information content (AvgIpc) is 2.93. The normalized spacial score (nSPS) is 33.6. The Morgan fingerprint density at radius 3 is 2.95 bits per heavy atom. The Hall–Kier alpha value is -0.650. The summed E-state index contributed by atoms with van der Waals surface area (Å²) in [5, 5.41) is 11.3. The molecule has 3 atom stereocenters. The van der Waals surface area contributed by atoms with Crippen molar-refractivity contribution in [2.45, 2.75) is 50.7 Å². The number of piperidine rings is 2. The number of anilines is 1. The van der Waals surface area contributed by atoms with Crippen LogP contribution in [0.4, 0.5) is 5.13 Å². The molecule has 4 rings (SSSR count). The Kier molecular flexibility index (Phi) is 3.67. The highest BCUT2D eigenvalue weighted by Gasteiger charge is 2.35. The summed E-state index contributed by atoms with van der Waals surface area (Å²) < 4.78 is 0. The fourth-order valence-corrected chi connectivity index (χ4v) is 5.54. The number of thiazole rings is 1. The van der Waals surface area contributed by atoms with Gasteiger partial charge in [-0.15, -0.1) is 11.3 Å². The van der Waals surface area contributed by atoms with Gasteiger partial charge in [0, 0.05) is 24.0 Å². The highest BCUT2D eigenvalue weighted by Crippen LogP contribution is 2.39. The minimum absolute atomic E-state index is 0.322. The van der Waals surface area contributed by atoms with Crippen molar-refractivity contribution in [3.05, 3.63) is 10.6 Å². The van der Waals surface area contributed by atoms with Crippen LogP contribution in [0.5, 0.6) is 0 Å². The monoisotopic (exact) mass is 307 g/mol. The van der Waals surface area contributed by atoms with Gasteiger partial charge in [0.2, 0.25) is 0 Å². The predicted octanol–water partition coefficient (Wildman–Crippen LogP) is 2.43. The van der Waals surface area contributed by atoms with Crippen molar-refractivity contribution in [1.29, 1.82) is 0 Å². The second kappa shape index (κ2) is 5.52. The van der Waals surface area contributed by atoms with Crippen molar-refractivity contribution in [2.24, 2.45) is 5.92 Å². The lowest BCUT2D eigenvalue weighted by Gasteiger charge is -2.45. The Morgan fingerprint density at radius 2 is 2.10 bits per heavy atom. The van der Waals surface area contributed by atoms with Gasteiger partial charge in [-0.05, 0) is 58.0 Å². The minimum Gasteiger partial charge on any atom is -0.387 e. The van der Waals surface area contributed by atoms with E-state index in [1.165, 1.54) is 30.7 Å². The third-order valence-electron chi connectivity index (χ3n) is 5.53. The molecule has 1 aromatic rings. The maximum atomic E-state index is 10.1. The molecule has 0 saturated carbocycles. The Bertz CT molecular complexity index is 518. The molecule has 0 amide bonds. The van der Waals surface area contributed by atoms with Crippen LogP contribution in [0.2, 0.25) is 0 Å². The van der Waals surface area contributed by atoms with Crippen LogP contribution in [-0.2, 0) is 6.42 Å². The van der Waals surface area contributed by atoms with Crippen molar-refractivity contribution >= 4 is 16.5 Å². The lowest BCUT2D eigenvalue weighted by molar-refractivity contribution is 0.102. The van der Waals surface area contributed by atoms with Gasteiger partial charge in [-0.25, -0.2) is 4.98 Å². The average molecular weight is 307 g/mol. The van der Waals surface area contributed by atoms with E-state index in [1.54, 1.807) is 0 Å². The van der Waals surface area contributed by atoms with E-state index in [0.717, 1.165) is 55.1 Å². The van der Waals surface area contributed by atoms with E-state index < -0.39 is 0 Å². The molecule has 0 spiro atoms. The number of hydrogen-bond donors (Lipinski definition) is 1. The molecule has 116 valence electrons. The second-order valence-corrected chi connectivity index (χ2v) is 7.96. The standard InChI is InChI=1S/C16H25N3OS/c1-18-8-3-4-11-10-19(9-7-12(11)18)16-17-15-13(20)5-2-6-14(15)21-16/h11-13,20H,2-10H2,1H3. The van der Waals surface area contributed by atoms with Crippen LogP contribution in [0.3, 0.4) is 0 Å². The minimum atomic E-state index is -0.322. The van der Waals surface area contributed by atoms with Crippen LogP contribution in [0, 0.1) is 5.92 Å². The summed E-state index contributed by atoms with van der Waals surface area (Å²) >= 11 is 1.83. The molecule has 3 unspecified atom stereocenters. The Balaban J connectivity index is 1.52. The number of rotatable bonds is 1. The van der Waals surface area contributed by atoms with E-state index in [4.69, 9.17) is 4.98 Å². The Morgan fingerprint density at radius 1 is 1.19 bits per heavy atom. The van der Waals surface area contributed by atoms with Crippen LogP contribution in [-0.4, -0.2) is 47.7 Å². The molecule has 1 aliphatic carbocycles. The van der Waals surface area contributed by atoms with Gasteiger partial charge in [-0.1, -0.05) is 0 Å². The number of aryl methyl sites for hydroxylation is 1. The summed E-state index contributed by atoms with van der Waals surface area (Å²) in [5.41, 5.74) is 0.976. The molecule has 1 aromatic heterocycles. The molecule has 2 saturated heterocycles. The lowest BCUT2D eigenvalue weighted by Crippen LogP contribution is -2.52. The molecule has 0 radical (unpaired) electrons. The van der Waals surface area contributed by atoms with E-state index in [1.807, 2.05) is 11.3 Å². The molecule has 4 nitrogen and oxygen atoms in total. The van der Waals surface area contributed by atoms with Gasteiger partial charge in [0.1, 0.15) is 0 Å². The summed E-state index contributed by atoms with van der Waals surface area (Å²) in [6.45, 7) is 3.53. The number of aliphatic hydroxyl groups excluding tert-OH is 1. The van der Waals surface area contributed by atoms with E-state index in [9.17, 15) is 5.11 Å². The Labute approximate surface area is 130 Å². The molecule has 1 N–H and O–H groups in total. The topological polar surface area (TPSA) is 39.6 Å². The van der Waals surface area contributed by atoms with E-state index >= 15 is 0 Å². The zero-order valence-corrected chi connectivity index (χ0v) is 13.6. The van der Waals surface area contributed by atoms with Crippen molar-refractivity contribution in [2.75, 3.05) is 31.6 Å². The highest BCUT2D eigenvalue weighted by molar-refractivity contribution is 7.15. The first-order valence-corrected chi connectivity index (χ1v) is 9.17. The van der Waals surface area contributed by atoms with E-state index in [-0.39, 0.29) is 6.10 Å². The summed E-state index contributed by atoms with van der Waals surface area (Å²) in [6.07, 6.45) is 6.72. The third-order valence-corrected chi connectivity index (χ3v) is 6.72. The van der Waals surface area contributed by atoms with Gasteiger partial charge in [-0.2, -0.15) is 0 Å². The van der Waals surface area contributed by atoms with Gasteiger partial charge >= 0.3 is 0 Å². The van der Waals surface area contributed by atoms with E-state index in [2.05, 4.69) is 16.8 Å². The second-order valence-electron chi connectivity index (χ2n) is 6.90. The summed E-state index contributed by atoms with van der Waals surface area (Å²) in [4.78, 5) is 11.2. The zero-order valence-electron chi connectivity index (χ0n) is 12.8. The lowest BCUT2D eigenvalue weighted by atomic mass is 9.84. The van der Waals surface area contributed by atoms with Crippen molar-refractivity contribution < 1.29 is 5.11 Å². The largest absolute Gasteiger partial charge is 0.387 e. The predicted molar refractivity (Wildman–Crippen MR) is 86.0 cm³/mol. The van der Waals surface area contributed by atoms with Crippen LogP contribution in [0.25, 0.3) is 0 Å². The van der Waals surface area contributed by atoms with Crippen molar-refractivity contribution in [3.63, 3.8) is 0 Å². The molecular weight excluding hydrogens is 282 g/mol. The SMILES string of the molecule is CN1CCCC2CN(c3nc4c(s3)CCCC4O)CCC21. The molecule has 2 aliphatic heterocycles. The number of hydrogen-bond acceptors (Lipinski definition) is 5. The molecule has 3 aliphatic rings. The number of nitrogens with zero attached hydrogens (tertiary/aromatic N) is 3. The fraction of sp³-hybridized carbons (Fsp3) is 0.812. The summed E-state index contributed by atoms with van der Waals surface area (Å²) in [5.74, 6) is 0.795. The molecule has 0 aromatic carbocycles. The maximum Gasteiger partial charge on any atom is 0.185 e. The summed E-state index contributed by atoms with van der Waals surface area (Å²) in [7, 11) is 2.28. The third kappa shape index (κ3) is 2.49. The number of aliphatic hydroxyl groups is 1. The summed E-state index contributed by atoms with van der Waals surface area (Å²) in [6, 6.07) is 0.773. The van der Waals surface area contributed by atoms with Crippen LogP contribution >= 0.6 is 11.3 Å². The highest BCUT2D eigenvalue weighted by atomic mass is 32.1. The number of fused-ring (bicyclic) bond motifs is 2. The molecule has 2 fully saturated rings. The van der Waals surface area contributed by atoms with Gasteiger partial charge in [0.05, 0.1) is 11.8 Å². The van der Waals surface area contributed by atoms with Crippen molar-refractivity contribution in [3.8, 4) is 0 Å². The van der Waals surface area contributed by atoms with Gasteiger partial charge < -0.3 is 14.9 Å². The number of likely N-dealkylation sites (tertiary alicyclic amines) is 1. The smallest absolute Gasteiger partial charge is 0.185 e. The molecule has 0 bridgehead atoms. The van der Waals surface area contributed by atoms with Crippen molar-refractivity contribution in [1.82, 2.24) is 9.88 Å². The van der Waals surface area contributed by atoms with Gasteiger partial charge in [0.15, 0.2) is 5.13 Å². The maximum absolute atomic E-state index is 10.1. The fourth-order valence-electron chi connectivity index (χ4n) is 4.34.